The number of carbonyl (C=O) groups excluding carboxylic acids is 1. The van der Waals surface area contributed by atoms with Crippen LogP contribution in [0.5, 0.6) is 0 Å². The quantitative estimate of drug-likeness (QED) is 0.355. The lowest BCUT2D eigenvalue weighted by atomic mass is 10.6. The Kier molecular flexibility index (Phi) is 5.87. The van der Waals surface area contributed by atoms with Crippen molar-refractivity contribution >= 4 is 5.97 Å². The molecule has 12 heavy (non-hydrogen) atoms. The van der Waals surface area contributed by atoms with Crippen molar-refractivity contribution in [2.75, 3.05) is 20.3 Å². The summed E-state index contributed by atoms with van der Waals surface area (Å²) in [4.78, 5) is 10.8. The monoisotopic (exact) mass is 174 g/mol. The molecule has 0 radical (unpaired) electrons. The van der Waals surface area contributed by atoms with Gasteiger partial charge in [-0.3, -0.25) is 0 Å². The summed E-state index contributed by atoms with van der Waals surface area (Å²) in [5, 5.41) is 0. The number of hydrogen-bond donors (Lipinski definition) is 0. The molecule has 0 heterocycles. The topological polar surface area (TPSA) is 44.8 Å². The van der Waals surface area contributed by atoms with E-state index in [1.165, 1.54) is 13.2 Å². The van der Waals surface area contributed by atoms with E-state index < -0.39 is 5.97 Å². The van der Waals surface area contributed by atoms with Gasteiger partial charge in [-0.25, -0.2) is 4.79 Å². The first-order valence-electron chi connectivity index (χ1n) is 3.79. The molecule has 0 saturated carbocycles. The Morgan fingerprint density at radius 1 is 1.25 bits per heavy atom. The van der Waals surface area contributed by atoms with Crippen molar-refractivity contribution in [1.82, 2.24) is 0 Å². The van der Waals surface area contributed by atoms with Crippen molar-refractivity contribution in [1.29, 1.82) is 0 Å². The number of rotatable bonds is 5. The second kappa shape index (κ2) is 6.52. The molecule has 70 valence electrons. The van der Waals surface area contributed by atoms with E-state index in [-0.39, 0.29) is 5.95 Å². The minimum atomic E-state index is -0.456. The van der Waals surface area contributed by atoms with Crippen molar-refractivity contribution in [3.63, 3.8) is 0 Å². The second-order valence-electron chi connectivity index (χ2n) is 1.85. The van der Waals surface area contributed by atoms with Gasteiger partial charge >= 0.3 is 5.97 Å². The van der Waals surface area contributed by atoms with Crippen LogP contribution >= 0.6 is 0 Å². The lowest BCUT2D eigenvalue weighted by Crippen LogP contribution is -2.04. The first-order valence-corrected chi connectivity index (χ1v) is 3.79. The number of ether oxygens (including phenoxy) is 3. The maximum absolute atomic E-state index is 10.8. The van der Waals surface area contributed by atoms with Crippen molar-refractivity contribution in [2.24, 2.45) is 0 Å². The third-order valence-corrected chi connectivity index (χ3v) is 1.01. The van der Waals surface area contributed by atoms with Crippen molar-refractivity contribution in [2.45, 2.75) is 13.8 Å². The number of methoxy groups -OCH3 is 1. The predicted octanol–water partition coefficient (Wildman–Crippen LogP) is 1.07. The van der Waals surface area contributed by atoms with Gasteiger partial charge in [-0.2, -0.15) is 0 Å². The Labute approximate surface area is 72.1 Å². The molecule has 0 rings (SSSR count). The van der Waals surface area contributed by atoms with Gasteiger partial charge in [-0.05, 0) is 13.8 Å². The van der Waals surface area contributed by atoms with Crippen LogP contribution in [0.25, 0.3) is 0 Å². The summed E-state index contributed by atoms with van der Waals surface area (Å²) in [5.41, 5.74) is 0. The molecule has 0 aromatic rings. The molecule has 0 amide bonds. The summed E-state index contributed by atoms with van der Waals surface area (Å²) in [6, 6.07) is 0. The molecule has 0 saturated heterocycles. The fourth-order valence-corrected chi connectivity index (χ4v) is 0.582. The van der Waals surface area contributed by atoms with Crippen LogP contribution < -0.4 is 0 Å². The summed E-state index contributed by atoms with van der Waals surface area (Å²) in [6.07, 6.45) is 1.17. The first-order chi connectivity index (χ1) is 5.74. The van der Waals surface area contributed by atoms with Crippen LogP contribution in [0.1, 0.15) is 13.8 Å². The molecule has 0 bridgehead atoms. The molecular formula is C8H14O4. The van der Waals surface area contributed by atoms with E-state index in [2.05, 4.69) is 4.74 Å². The minimum absolute atomic E-state index is 0.177. The molecule has 0 aliphatic carbocycles. The van der Waals surface area contributed by atoms with Gasteiger partial charge in [0.1, 0.15) is 6.08 Å². The van der Waals surface area contributed by atoms with E-state index in [9.17, 15) is 4.79 Å². The van der Waals surface area contributed by atoms with Gasteiger partial charge in [0, 0.05) is 0 Å². The highest BCUT2D eigenvalue weighted by Crippen LogP contribution is 1.97. The van der Waals surface area contributed by atoms with E-state index in [0.29, 0.717) is 13.2 Å². The number of hydrogen-bond acceptors (Lipinski definition) is 4. The lowest BCUT2D eigenvalue weighted by Gasteiger charge is -2.05. The maximum atomic E-state index is 10.8. The molecule has 0 fully saturated rings. The predicted molar refractivity (Wildman–Crippen MR) is 43.4 cm³/mol. The van der Waals surface area contributed by atoms with Crippen LogP contribution in [0, 0.1) is 0 Å². The molecule has 0 spiro atoms. The zero-order chi connectivity index (χ0) is 9.40. The number of carbonyl (C=O) groups is 1. The Bertz CT molecular complexity index is 162. The van der Waals surface area contributed by atoms with Gasteiger partial charge < -0.3 is 14.2 Å². The Hall–Kier alpha value is -1.19. The molecule has 0 unspecified atom stereocenters. The molecular weight excluding hydrogens is 160 g/mol. The Morgan fingerprint density at radius 3 is 2.25 bits per heavy atom. The van der Waals surface area contributed by atoms with Crippen LogP contribution in [0.2, 0.25) is 0 Å². The zero-order valence-electron chi connectivity index (χ0n) is 7.62. The molecule has 0 N–H and O–H groups in total. The minimum Gasteiger partial charge on any atom is -0.469 e. The standard InChI is InChI=1S/C8H14O4/c1-4-11-7(9)6-8(10-3)12-5-2/h6H,4-5H2,1-3H3/b8-6+. The third-order valence-electron chi connectivity index (χ3n) is 1.01. The Morgan fingerprint density at radius 2 is 1.83 bits per heavy atom. The fraction of sp³-hybridized carbons (Fsp3) is 0.625. The summed E-state index contributed by atoms with van der Waals surface area (Å²) in [6.45, 7) is 4.34. The van der Waals surface area contributed by atoms with Crippen LogP contribution in [-0.2, 0) is 19.0 Å². The van der Waals surface area contributed by atoms with Crippen molar-refractivity contribution in [3.8, 4) is 0 Å². The van der Waals surface area contributed by atoms with Crippen LogP contribution in [0.4, 0.5) is 0 Å². The van der Waals surface area contributed by atoms with Gasteiger partial charge in [0.2, 0.25) is 0 Å². The van der Waals surface area contributed by atoms with Gasteiger partial charge in [-0.15, -0.1) is 0 Å². The second-order valence-corrected chi connectivity index (χ2v) is 1.85. The van der Waals surface area contributed by atoms with Crippen molar-refractivity contribution in [3.05, 3.63) is 12.0 Å². The largest absolute Gasteiger partial charge is 0.469 e. The first kappa shape index (κ1) is 10.8. The lowest BCUT2D eigenvalue weighted by molar-refractivity contribution is -0.137. The third kappa shape index (κ3) is 4.60. The van der Waals surface area contributed by atoms with Gasteiger partial charge in [-0.1, -0.05) is 0 Å². The molecule has 4 heteroatoms. The molecule has 0 aliphatic heterocycles. The van der Waals surface area contributed by atoms with Crippen LogP contribution in [0.15, 0.2) is 12.0 Å². The normalized spacial score (nSPS) is 10.8. The highest BCUT2D eigenvalue weighted by molar-refractivity contribution is 5.82. The summed E-state index contributed by atoms with van der Waals surface area (Å²) in [7, 11) is 1.43. The zero-order valence-corrected chi connectivity index (χ0v) is 7.62. The van der Waals surface area contributed by atoms with Crippen molar-refractivity contribution < 1.29 is 19.0 Å². The average Bonchev–Trinajstić information content (AvgIpc) is 2.04. The SMILES string of the molecule is CCOC(=O)/C=C(\OC)OCC. The maximum Gasteiger partial charge on any atom is 0.337 e. The Balaban J connectivity index is 3.98. The smallest absolute Gasteiger partial charge is 0.337 e. The summed E-state index contributed by atoms with van der Waals surface area (Å²) < 4.78 is 14.3. The van der Waals surface area contributed by atoms with E-state index in [1.807, 2.05) is 0 Å². The highest BCUT2D eigenvalue weighted by Gasteiger charge is 2.01. The van der Waals surface area contributed by atoms with E-state index in [4.69, 9.17) is 9.47 Å². The molecule has 4 nitrogen and oxygen atoms in total. The van der Waals surface area contributed by atoms with Gasteiger partial charge in [0.05, 0.1) is 20.3 Å². The fourth-order valence-electron chi connectivity index (χ4n) is 0.582. The van der Waals surface area contributed by atoms with Crippen LogP contribution in [0.3, 0.4) is 0 Å². The van der Waals surface area contributed by atoms with Crippen LogP contribution in [-0.4, -0.2) is 26.3 Å². The van der Waals surface area contributed by atoms with Gasteiger partial charge in [0.15, 0.2) is 0 Å². The summed E-state index contributed by atoms with van der Waals surface area (Å²) in [5.74, 6) is -0.279. The summed E-state index contributed by atoms with van der Waals surface area (Å²) >= 11 is 0. The molecule has 0 aromatic carbocycles. The van der Waals surface area contributed by atoms with E-state index in [0.717, 1.165) is 0 Å². The van der Waals surface area contributed by atoms with Gasteiger partial charge in [0.25, 0.3) is 5.95 Å². The highest BCUT2D eigenvalue weighted by atomic mass is 16.7. The average molecular weight is 174 g/mol. The molecule has 0 atom stereocenters. The molecule has 0 aliphatic rings. The number of esters is 1. The van der Waals surface area contributed by atoms with E-state index in [1.54, 1.807) is 13.8 Å². The molecule has 0 aromatic heterocycles. The van der Waals surface area contributed by atoms with E-state index >= 15 is 0 Å².